The van der Waals surface area contributed by atoms with Gasteiger partial charge < -0.3 is 10.1 Å². The number of nitrogens with zero attached hydrogens (tertiary/aromatic N) is 1. The van der Waals surface area contributed by atoms with E-state index in [9.17, 15) is 0 Å². The molecule has 2 saturated heterocycles. The summed E-state index contributed by atoms with van der Waals surface area (Å²) in [4.78, 5) is 2.66. The van der Waals surface area contributed by atoms with Gasteiger partial charge in [0.15, 0.2) is 0 Å². The average Bonchev–Trinajstić information content (AvgIpc) is 2.31. The minimum absolute atomic E-state index is 0.751. The van der Waals surface area contributed by atoms with Crippen LogP contribution >= 0.6 is 0 Å². The maximum Gasteiger partial charge on any atom is 0.0506 e. The molecule has 0 saturated carbocycles. The molecule has 2 aliphatic heterocycles. The van der Waals surface area contributed by atoms with Crippen molar-refractivity contribution in [3.8, 4) is 0 Å². The second-order valence-electron chi connectivity index (χ2n) is 4.84. The lowest BCUT2D eigenvalue weighted by atomic mass is 10.00. The van der Waals surface area contributed by atoms with E-state index in [4.69, 9.17) is 4.74 Å². The molecule has 3 heteroatoms. The lowest BCUT2D eigenvalue weighted by molar-refractivity contribution is 0.0263. The highest BCUT2D eigenvalue weighted by atomic mass is 16.5. The van der Waals surface area contributed by atoms with E-state index >= 15 is 0 Å². The van der Waals surface area contributed by atoms with Crippen molar-refractivity contribution in [3.63, 3.8) is 0 Å². The molecule has 0 aromatic rings. The van der Waals surface area contributed by atoms with E-state index in [-0.39, 0.29) is 0 Å². The van der Waals surface area contributed by atoms with Crippen LogP contribution in [0.25, 0.3) is 0 Å². The Morgan fingerprint density at radius 3 is 3.13 bits per heavy atom. The molecule has 0 aromatic carbocycles. The molecule has 0 bridgehead atoms. The van der Waals surface area contributed by atoms with Crippen LogP contribution in [0.1, 0.15) is 26.2 Å². The fourth-order valence-electron chi connectivity index (χ4n) is 2.73. The minimum Gasteiger partial charge on any atom is -0.381 e. The molecule has 88 valence electrons. The predicted octanol–water partition coefficient (Wildman–Crippen LogP) is 1.10. The molecule has 15 heavy (non-hydrogen) atoms. The van der Waals surface area contributed by atoms with E-state index < -0.39 is 0 Å². The molecule has 0 radical (unpaired) electrons. The van der Waals surface area contributed by atoms with Gasteiger partial charge in [-0.2, -0.15) is 0 Å². The summed E-state index contributed by atoms with van der Waals surface area (Å²) >= 11 is 0. The SMILES string of the molecule is CCC1CNCCN1CC1CCCOC1. The highest BCUT2D eigenvalue weighted by Crippen LogP contribution is 2.17. The molecule has 3 nitrogen and oxygen atoms in total. The number of ether oxygens (including phenoxy) is 1. The van der Waals surface area contributed by atoms with E-state index in [1.165, 1.54) is 38.9 Å². The molecule has 2 unspecified atom stereocenters. The minimum atomic E-state index is 0.751. The maximum absolute atomic E-state index is 5.55. The Morgan fingerprint density at radius 2 is 2.40 bits per heavy atom. The first-order chi connectivity index (χ1) is 7.40. The van der Waals surface area contributed by atoms with E-state index in [2.05, 4.69) is 17.1 Å². The fraction of sp³-hybridized carbons (Fsp3) is 1.00. The molecule has 2 atom stereocenters. The lowest BCUT2D eigenvalue weighted by Crippen LogP contribution is -2.52. The van der Waals surface area contributed by atoms with Crippen molar-refractivity contribution < 1.29 is 4.74 Å². The van der Waals surface area contributed by atoms with Gasteiger partial charge in [0.2, 0.25) is 0 Å². The summed E-state index contributed by atoms with van der Waals surface area (Å²) in [5.74, 6) is 0.783. The van der Waals surface area contributed by atoms with Gasteiger partial charge in [0.05, 0.1) is 6.61 Å². The Balaban J connectivity index is 1.79. The van der Waals surface area contributed by atoms with Crippen LogP contribution in [-0.4, -0.2) is 50.3 Å². The van der Waals surface area contributed by atoms with Gasteiger partial charge in [0, 0.05) is 38.8 Å². The maximum atomic E-state index is 5.55. The Hall–Kier alpha value is -0.120. The van der Waals surface area contributed by atoms with Gasteiger partial charge in [-0.05, 0) is 25.2 Å². The van der Waals surface area contributed by atoms with E-state index in [1.807, 2.05) is 0 Å². The van der Waals surface area contributed by atoms with E-state index in [0.717, 1.165) is 31.7 Å². The summed E-state index contributed by atoms with van der Waals surface area (Å²) in [7, 11) is 0. The van der Waals surface area contributed by atoms with Crippen LogP contribution in [-0.2, 0) is 4.74 Å². The first kappa shape index (κ1) is 11.4. The highest BCUT2D eigenvalue weighted by Gasteiger charge is 2.24. The van der Waals surface area contributed by atoms with Gasteiger partial charge in [-0.1, -0.05) is 6.92 Å². The van der Waals surface area contributed by atoms with Crippen molar-refractivity contribution >= 4 is 0 Å². The standard InChI is InChI=1S/C12H24N2O/c1-2-12-8-13-5-6-14(12)9-11-4-3-7-15-10-11/h11-13H,2-10H2,1H3. The van der Waals surface area contributed by atoms with Crippen LogP contribution in [0.4, 0.5) is 0 Å². The quantitative estimate of drug-likeness (QED) is 0.758. The fourth-order valence-corrected chi connectivity index (χ4v) is 2.73. The molecule has 2 heterocycles. The molecular weight excluding hydrogens is 188 g/mol. The van der Waals surface area contributed by atoms with Crippen molar-refractivity contribution in [1.82, 2.24) is 10.2 Å². The van der Waals surface area contributed by atoms with Gasteiger partial charge in [-0.3, -0.25) is 4.90 Å². The first-order valence-corrected chi connectivity index (χ1v) is 6.42. The van der Waals surface area contributed by atoms with Crippen molar-refractivity contribution in [2.24, 2.45) is 5.92 Å². The zero-order chi connectivity index (χ0) is 10.5. The number of hydrogen-bond donors (Lipinski definition) is 1. The zero-order valence-corrected chi connectivity index (χ0v) is 9.87. The third kappa shape index (κ3) is 3.16. The second-order valence-corrected chi connectivity index (χ2v) is 4.84. The zero-order valence-electron chi connectivity index (χ0n) is 9.87. The Bertz CT molecular complexity index is 180. The summed E-state index contributed by atoms with van der Waals surface area (Å²) in [5.41, 5.74) is 0. The molecule has 0 aromatic heterocycles. The van der Waals surface area contributed by atoms with Crippen molar-refractivity contribution in [3.05, 3.63) is 0 Å². The lowest BCUT2D eigenvalue weighted by Gasteiger charge is -2.38. The first-order valence-electron chi connectivity index (χ1n) is 6.42. The average molecular weight is 212 g/mol. The number of hydrogen-bond acceptors (Lipinski definition) is 3. The molecule has 0 amide bonds. The van der Waals surface area contributed by atoms with E-state index in [1.54, 1.807) is 0 Å². The van der Waals surface area contributed by atoms with Crippen LogP contribution in [0.2, 0.25) is 0 Å². The van der Waals surface area contributed by atoms with Gasteiger partial charge in [-0.25, -0.2) is 0 Å². The van der Waals surface area contributed by atoms with Crippen LogP contribution in [0.15, 0.2) is 0 Å². The third-order valence-electron chi connectivity index (χ3n) is 3.69. The molecule has 2 fully saturated rings. The Morgan fingerprint density at radius 1 is 1.47 bits per heavy atom. The number of rotatable bonds is 3. The highest BCUT2D eigenvalue weighted by molar-refractivity contribution is 4.81. The van der Waals surface area contributed by atoms with Gasteiger partial charge >= 0.3 is 0 Å². The van der Waals surface area contributed by atoms with Crippen LogP contribution in [0.3, 0.4) is 0 Å². The monoisotopic (exact) mass is 212 g/mol. The van der Waals surface area contributed by atoms with Crippen LogP contribution in [0.5, 0.6) is 0 Å². The summed E-state index contributed by atoms with van der Waals surface area (Å²) in [6, 6.07) is 0.751. The van der Waals surface area contributed by atoms with Gasteiger partial charge in [0.1, 0.15) is 0 Å². The molecule has 0 aliphatic carbocycles. The molecule has 2 aliphatic rings. The second kappa shape index (κ2) is 5.83. The number of piperazine rings is 1. The van der Waals surface area contributed by atoms with Crippen molar-refractivity contribution in [2.75, 3.05) is 39.4 Å². The predicted molar refractivity (Wildman–Crippen MR) is 62.1 cm³/mol. The molecule has 1 N–H and O–H groups in total. The van der Waals surface area contributed by atoms with Gasteiger partial charge in [0.25, 0.3) is 0 Å². The Labute approximate surface area is 93.2 Å². The molecule has 0 spiro atoms. The number of nitrogens with one attached hydrogen (secondary N) is 1. The molecule has 2 rings (SSSR count). The third-order valence-corrected chi connectivity index (χ3v) is 3.69. The summed E-state index contributed by atoms with van der Waals surface area (Å²) in [5, 5.41) is 3.48. The Kier molecular flexibility index (Phi) is 4.42. The van der Waals surface area contributed by atoms with E-state index in [0.29, 0.717) is 0 Å². The topological polar surface area (TPSA) is 24.5 Å². The largest absolute Gasteiger partial charge is 0.381 e. The van der Waals surface area contributed by atoms with Crippen molar-refractivity contribution in [1.29, 1.82) is 0 Å². The molecular formula is C12H24N2O. The van der Waals surface area contributed by atoms with Gasteiger partial charge in [-0.15, -0.1) is 0 Å². The van der Waals surface area contributed by atoms with Crippen molar-refractivity contribution in [2.45, 2.75) is 32.2 Å². The summed E-state index contributed by atoms with van der Waals surface area (Å²) < 4.78 is 5.55. The normalized spacial score (nSPS) is 34.2. The summed E-state index contributed by atoms with van der Waals surface area (Å²) in [6.45, 7) is 9.06. The van der Waals surface area contributed by atoms with Crippen LogP contribution in [0, 0.1) is 5.92 Å². The smallest absolute Gasteiger partial charge is 0.0506 e. The van der Waals surface area contributed by atoms with Crippen LogP contribution < -0.4 is 5.32 Å². The summed E-state index contributed by atoms with van der Waals surface area (Å²) in [6.07, 6.45) is 3.88.